The highest BCUT2D eigenvalue weighted by atomic mass is 16.5. The van der Waals surface area contributed by atoms with Crippen molar-refractivity contribution in [2.24, 2.45) is 11.7 Å². The Labute approximate surface area is 91.7 Å². The second kappa shape index (κ2) is 5.83. The fourth-order valence-electron chi connectivity index (χ4n) is 1.07. The number of ether oxygens (including phenoxy) is 1. The van der Waals surface area contributed by atoms with Crippen LogP contribution in [-0.2, 0) is 17.9 Å². The van der Waals surface area contributed by atoms with Crippen LogP contribution in [0, 0.1) is 5.92 Å². The number of rotatable bonds is 5. The lowest BCUT2D eigenvalue weighted by atomic mass is 10.1. The Kier molecular flexibility index (Phi) is 4.72. The second-order valence-electron chi connectivity index (χ2n) is 4.12. The van der Waals surface area contributed by atoms with E-state index in [1.807, 2.05) is 12.1 Å². The van der Waals surface area contributed by atoms with Crippen LogP contribution in [-0.4, -0.2) is 11.1 Å². The van der Waals surface area contributed by atoms with Crippen molar-refractivity contribution in [2.45, 2.75) is 40.0 Å². The lowest BCUT2D eigenvalue weighted by Gasteiger charge is -2.16. The largest absolute Gasteiger partial charge is 0.372 e. The van der Waals surface area contributed by atoms with Crippen LogP contribution in [0.4, 0.5) is 0 Å². The van der Waals surface area contributed by atoms with E-state index in [1.165, 1.54) is 0 Å². The minimum absolute atomic E-state index is 0.265. The maximum Gasteiger partial charge on any atom is 0.0891 e. The van der Waals surface area contributed by atoms with Crippen molar-refractivity contribution < 1.29 is 4.74 Å². The van der Waals surface area contributed by atoms with Gasteiger partial charge in [-0.2, -0.15) is 0 Å². The van der Waals surface area contributed by atoms with Crippen LogP contribution in [0.15, 0.2) is 18.3 Å². The van der Waals surface area contributed by atoms with Gasteiger partial charge in [-0.05, 0) is 24.5 Å². The molecule has 0 saturated heterocycles. The van der Waals surface area contributed by atoms with Gasteiger partial charge < -0.3 is 10.5 Å². The number of hydrogen-bond donors (Lipinski definition) is 1. The van der Waals surface area contributed by atoms with E-state index in [4.69, 9.17) is 10.5 Å². The van der Waals surface area contributed by atoms with E-state index < -0.39 is 0 Å². The van der Waals surface area contributed by atoms with Crippen molar-refractivity contribution in [3.63, 3.8) is 0 Å². The zero-order valence-corrected chi connectivity index (χ0v) is 9.73. The molecule has 0 bridgehead atoms. The van der Waals surface area contributed by atoms with Crippen molar-refractivity contribution in [3.8, 4) is 0 Å². The number of aromatic nitrogens is 1. The molecule has 1 heterocycles. The Morgan fingerprint density at radius 3 is 2.53 bits per heavy atom. The molecule has 0 saturated carbocycles. The van der Waals surface area contributed by atoms with Crippen molar-refractivity contribution in [1.29, 1.82) is 0 Å². The molecular weight excluding hydrogens is 188 g/mol. The van der Waals surface area contributed by atoms with Gasteiger partial charge in [0.1, 0.15) is 0 Å². The summed E-state index contributed by atoms with van der Waals surface area (Å²) in [6.07, 6.45) is 2.07. The van der Waals surface area contributed by atoms with Gasteiger partial charge >= 0.3 is 0 Å². The third-order valence-electron chi connectivity index (χ3n) is 2.55. The maximum atomic E-state index is 5.67. The van der Waals surface area contributed by atoms with Crippen LogP contribution in [0.1, 0.15) is 32.0 Å². The summed E-state index contributed by atoms with van der Waals surface area (Å²) in [5, 5.41) is 0. The van der Waals surface area contributed by atoms with Gasteiger partial charge in [0.25, 0.3) is 0 Å². The summed E-state index contributed by atoms with van der Waals surface area (Å²) in [6, 6.07) is 3.96. The third kappa shape index (κ3) is 3.98. The van der Waals surface area contributed by atoms with Crippen molar-refractivity contribution in [3.05, 3.63) is 29.6 Å². The predicted molar refractivity (Wildman–Crippen MR) is 61.2 cm³/mol. The molecule has 0 aromatic carbocycles. The fraction of sp³-hybridized carbons (Fsp3) is 0.583. The fourth-order valence-corrected chi connectivity index (χ4v) is 1.07. The minimum Gasteiger partial charge on any atom is -0.372 e. The molecule has 0 spiro atoms. The molecule has 1 aromatic rings. The summed E-state index contributed by atoms with van der Waals surface area (Å²) in [7, 11) is 0. The molecule has 0 fully saturated rings. The van der Waals surface area contributed by atoms with Crippen molar-refractivity contribution in [1.82, 2.24) is 4.98 Å². The molecule has 0 aliphatic heterocycles. The van der Waals surface area contributed by atoms with E-state index in [0.717, 1.165) is 11.3 Å². The topological polar surface area (TPSA) is 48.1 Å². The average molecular weight is 208 g/mol. The summed E-state index contributed by atoms with van der Waals surface area (Å²) in [5.74, 6) is 0.535. The van der Waals surface area contributed by atoms with Crippen LogP contribution >= 0.6 is 0 Å². The Hall–Kier alpha value is -0.930. The van der Waals surface area contributed by atoms with Gasteiger partial charge in [0.05, 0.1) is 18.4 Å². The summed E-state index contributed by atoms with van der Waals surface area (Å²) < 4.78 is 5.67. The average Bonchev–Trinajstić information content (AvgIpc) is 2.26. The maximum absolute atomic E-state index is 5.67. The molecule has 0 radical (unpaired) electrons. The third-order valence-corrected chi connectivity index (χ3v) is 2.55. The summed E-state index contributed by atoms with van der Waals surface area (Å²) in [6.45, 7) is 7.49. The Morgan fingerprint density at radius 1 is 1.33 bits per heavy atom. The van der Waals surface area contributed by atoms with E-state index in [1.54, 1.807) is 6.20 Å². The summed E-state index contributed by atoms with van der Waals surface area (Å²) in [4.78, 5) is 4.28. The molecule has 1 aromatic heterocycles. The van der Waals surface area contributed by atoms with Crippen LogP contribution < -0.4 is 5.73 Å². The van der Waals surface area contributed by atoms with E-state index in [0.29, 0.717) is 19.1 Å². The molecule has 2 N–H and O–H groups in total. The number of hydrogen-bond acceptors (Lipinski definition) is 3. The Bertz CT molecular complexity index is 282. The van der Waals surface area contributed by atoms with Crippen LogP contribution in [0.5, 0.6) is 0 Å². The van der Waals surface area contributed by atoms with E-state index in [-0.39, 0.29) is 6.10 Å². The molecule has 0 amide bonds. The van der Waals surface area contributed by atoms with Gasteiger partial charge in [0.15, 0.2) is 0 Å². The van der Waals surface area contributed by atoms with Gasteiger partial charge in [-0.1, -0.05) is 19.9 Å². The smallest absolute Gasteiger partial charge is 0.0891 e. The minimum atomic E-state index is 0.265. The van der Waals surface area contributed by atoms with Crippen LogP contribution in [0.3, 0.4) is 0 Å². The van der Waals surface area contributed by atoms with Gasteiger partial charge in [0, 0.05) is 12.7 Å². The van der Waals surface area contributed by atoms with E-state index >= 15 is 0 Å². The lowest BCUT2D eigenvalue weighted by molar-refractivity contribution is 0.0218. The highest BCUT2D eigenvalue weighted by Gasteiger charge is 2.07. The van der Waals surface area contributed by atoms with Gasteiger partial charge in [-0.15, -0.1) is 0 Å². The van der Waals surface area contributed by atoms with Crippen LogP contribution in [0.25, 0.3) is 0 Å². The lowest BCUT2D eigenvalue weighted by Crippen LogP contribution is -2.15. The van der Waals surface area contributed by atoms with Gasteiger partial charge in [-0.25, -0.2) is 0 Å². The normalized spacial score (nSPS) is 13.1. The first kappa shape index (κ1) is 12.1. The first-order valence-corrected chi connectivity index (χ1v) is 5.39. The molecule has 1 unspecified atom stereocenters. The monoisotopic (exact) mass is 208 g/mol. The molecule has 0 aliphatic rings. The molecule has 1 atom stereocenters. The highest BCUT2D eigenvalue weighted by molar-refractivity contribution is 5.13. The molecular formula is C12H20N2O. The molecule has 1 rings (SSSR count). The Balaban J connectivity index is 2.44. The van der Waals surface area contributed by atoms with E-state index in [2.05, 4.69) is 25.8 Å². The zero-order valence-electron chi connectivity index (χ0n) is 9.73. The molecule has 3 nitrogen and oxygen atoms in total. The SMILES string of the molecule is CC(C)C(C)OCc1ccc(CN)cn1. The van der Waals surface area contributed by atoms with Crippen molar-refractivity contribution in [2.75, 3.05) is 0 Å². The van der Waals surface area contributed by atoms with Gasteiger partial charge in [-0.3, -0.25) is 4.98 Å². The first-order chi connectivity index (χ1) is 7.13. The summed E-state index contributed by atoms with van der Waals surface area (Å²) in [5.41, 5.74) is 7.50. The van der Waals surface area contributed by atoms with E-state index in [9.17, 15) is 0 Å². The first-order valence-electron chi connectivity index (χ1n) is 5.39. The molecule has 15 heavy (non-hydrogen) atoms. The standard InChI is InChI=1S/C12H20N2O/c1-9(2)10(3)15-8-12-5-4-11(6-13)7-14-12/h4-5,7,9-10H,6,8,13H2,1-3H3. The predicted octanol–water partition coefficient (Wildman–Crippen LogP) is 2.10. The molecule has 0 aliphatic carbocycles. The summed E-state index contributed by atoms with van der Waals surface area (Å²) >= 11 is 0. The quantitative estimate of drug-likeness (QED) is 0.806. The zero-order chi connectivity index (χ0) is 11.3. The number of nitrogens with two attached hydrogens (primary N) is 1. The second-order valence-corrected chi connectivity index (χ2v) is 4.12. The van der Waals surface area contributed by atoms with Crippen LogP contribution in [0.2, 0.25) is 0 Å². The van der Waals surface area contributed by atoms with Gasteiger partial charge in [0.2, 0.25) is 0 Å². The number of nitrogens with zero attached hydrogens (tertiary/aromatic N) is 1. The van der Waals surface area contributed by atoms with Crippen molar-refractivity contribution >= 4 is 0 Å². The molecule has 3 heteroatoms. The number of pyridine rings is 1. The Morgan fingerprint density at radius 2 is 2.07 bits per heavy atom. The highest BCUT2D eigenvalue weighted by Crippen LogP contribution is 2.08. The molecule has 84 valence electrons.